The molecule has 0 aromatic heterocycles. The fourth-order valence-electron chi connectivity index (χ4n) is 4.65. The van der Waals surface area contributed by atoms with Crippen LogP contribution >= 0.6 is 0 Å². The second kappa shape index (κ2) is 9.44. The first-order valence-electron chi connectivity index (χ1n) is 11.4. The Morgan fingerprint density at radius 3 is 2.42 bits per heavy atom. The lowest BCUT2D eigenvalue weighted by atomic mass is 9.97. The van der Waals surface area contributed by atoms with Gasteiger partial charge in [0.05, 0.1) is 14.7 Å². The predicted octanol–water partition coefficient (Wildman–Crippen LogP) is 4.43. The number of ether oxygens (including phenoxy) is 1. The second-order valence-electron chi connectivity index (χ2n) is 9.12. The van der Waals surface area contributed by atoms with Gasteiger partial charge in [-0.25, -0.2) is 16.8 Å². The van der Waals surface area contributed by atoms with Gasteiger partial charge in [-0.3, -0.25) is 0 Å². The third kappa shape index (κ3) is 4.73. The minimum atomic E-state index is -4.52. The van der Waals surface area contributed by atoms with Gasteiger partial charge in [0.15, 0.2) is 0 Å². The Balaban J connectivity index is 1.75. The maximum absolute atomic E-state index is 15.1. The largest absolute Gasteiger partial charge is 0.381 e. The molecule has 0 aliphatic carbocycles. The van der Waals surface area contributed by atoms with Crippen LogP contribution in [0.3, 0.4) is 0 Å². The van der Waals surface area contributed by atoms with Crippen LogP contribution in [0, 0.1) is 5.92 Å². The third-order valence-electron chi connectivity index (χ3n) is 6.62. The topological polar surface area (TPSA) is 80.8 Å². The number of sulfone groups is 1. The molecule has 1 saturated heterocycles. The summed E-state index contributed by atoms with van der Waals surface area (Å²) in [6.07, 6.45) is 2.96. The van der Waals surface area contributed by atoms with Crippen LogP contribution < -0.4 is 0 Å². The number of fused-ring (bicyclic) bond motifs is 2. The number of benzene rings is 2. The van der Waals surface area contributed by atoms with Crippen molar-refractivity contribution in [3.63, 3.8) is 0 Å². The average molecular weight is 496 g/mol. The molecule has 0 N–H and O–H groups in total. The van der Waals surface area contributed by atoms with Gasteiger partial charge in [-0.1, -0.05) is 38.1 Å². The molecule has 0 atom stereocenters. The fraction of sp³-hybridized carbons (Fsp3) is 0.500. The van der Waals surface area contributed by atoms with Crippen molar-refractivity contribution in [2.75, 3.05) is 19.8 Å². The number of sulfonamides is 1. The number of nitrogens with zero attached hydrogens (tertiary/aromatic N) is 1. The molecule has 33 heavy (non-hydrogen) atoms. The van der Waals surface area contributed by atoms with E-state index in [9.17, 15) is 16.8 Å². The maximum atomic E-state index is 15.1. The van der Waals surface area contributed by atoms with E-state index in [4.69, 9.17) is 4.74 Å². The van der Waals surface area contributed by atoms with Crippen LogP contribution in [0.5, 0.6) is 0 Å². The van der Waals surface area contributed by atoms with E-state index in [2.05, 4.69) is 0 Å². The highest BCUT2D eigenvalue weighted by Crippen LogP contribution is 2.37. The molecule has 2 aromatic rings. The Kier molecular flexibility index (Phi) is 6.96. The van der Waals surface area contributed by atoms with Crippen LogP contribution in [-0.4, -0.2) is 41.1 Å². The van der Waals surface area contributed by atoms with E-state index in [0.29, 0.717) is 49.2 Å². The summed E-state index contributed by atoms with van der Waals surface area (Å²) >= 11 is 0. The van der Waals surface area contributed by atoms with Gasteiger partial charge in [0, 0.05) is 19.8 Å². The first-order chi connectivity index (χ1) is 15.6. The smallest absolute Gasteiger partial charge is 0.269 e. The van der Waals surface area contributed by atoms with Crippen LogP contribution in [0.2, 0.25) is 0 Å². The van der Waals surface area contributed by atoms with Gasteiger partial charge >= 0.3 is 0 Å². The van der Waals surface area contributed by atoms with Crippen molar-refractivity contribution in [2.24, 2.45) is 5.92 Å². The molecule has 9 heteroatoms. The number of rotatable bonds is 6. The monoisotopic (exact) mass is 495 g/mol. The van der Waals surface area contributed by atoms with Crippen molar-refractivity contribution in [1.29, 1.82) is 0 Å². The van der Waals surface area contributed by atoms with Crippen molar-refractivity contribution >= 4 is 19.9 Å². The van der Waals surface area contributed by atoms with Crippen LogP contribution in [0.4, 0.5) is 4.48 Å². The first-order valence-corrected chi connectivity index (χ1v) is 14.3. The van der Waals surface area contributed by atoms with Gasteiger partial charge in [0.1, 0.15) is 0 Å². The molecule has 4 rings (SSSR count). The van der Waals surface area contributed by atoms with Crippen molar-refractivity contribution in [1.82, 2.24) is 4.53 Å². The first kappa shape index (κ1) is 24.3. The van der Waals surface area contributed by atoms with Gasteiger partial charge < -0.3 is 4.74 Å². The lowest BCUT2D eigenvalue weighted by Crippen LogP contribution is -2.28. The van der Waals surface area contributed by atoms with Gasteiger partial charge in [-0.05, 0) is 77.3 Å². The number of hydrogen-bond acceptors (Lipinski definition) is 5. The second-order valence-corrected chi connectivity index (χ2v) is 12.8. The van der Waals surface area contributed by atoms with E-state index in [0.717, 1.165) is 12.8 Å². The Morgan fingerprint density at radius 2 is 1.73 bits per heavy atom. The van der Waals surface area contributed by atoms with Crippen molar-refractivity contribution in [3.8, 4) is 0 Å². The summed E-state index contributed by atoms with van der Waals surface area (Å²) in [5, 5.41) is 0. The van der Waals surface area contributed by atoms with Gasteiger partial charge in [0.2, 0.25) is 9.84 Å². The summed E-state index contributed by atoms with van der Waals surface area (Å²) in [5.74, 6) is -0.0157. The summed E-state index contributed by atoms with van der Waals surface area (Å²) in [5.41, 5.74) is 1.71. The zero-order valence-corrected chi connectivity index (χ0v) is 20.6. The molecular formula is C24H30FNO5S2. The molecule has 0 bridgehead atoms. The molecule has 2 aliphatic rings. The van der Waals surface area contributed by atoms with Crippen LogP contribution in [0.1, 0.15) is 55.7 Å². The van der Waals surface area contributed by atoms with Crippen LogP contribution in [0.25, 0.3) is 0 Å². The van der Waals surface area contributed by atoms with E-state index in [1.54, 1.807) is 30.3 Å². The molecular weight excluding hydrogens is 465 g/mol. The van der Waals surface area contributed by atoms with E-state index in [1.807, 2.05) is 13.8 Å². The molecule has 0 radical (unpaired) electrons. The van der Waals surface area contributed by atoms with E-state index >= 15 is 4.48 Å². The minimum Gasteiger partial charge on any atom is -0.381 e. The normalized spacial score (nSPS) is 18.7. The highest BCUT2D eigenvalue weighted by Gasteiger charge is 2.34. The molecule has 6 nitrogen and oxygen atoms in total. The fourth-order valence-corrected chi connectivity index (χ4v) is 7.93. The molecule has 0 amide bonds. The van der Waals surface area contributed by atoms with Crippen molar-refractivity contribution < 1.29 is 26.1 Å². The third-order valence-corrected chi connectivity index (χ3v) is 10.2. The van der Waals surface area contributed by atoms with Gasteiger partial charge in [-0.2, -0.15) is 0 Å². The predicted molar refractivity (Wildman–Crippen MR) is 123 cm³/mol. The van der Waals surface area contributed by atoms with E-state index in [1.165, 1.54) is 6.07 Å². The number of aryl methyl sites for hydroxylation is 2. The molecule has 2 aromatic carbocycles. The number of halogens is 1. The molecule has 2 heterocycles. The Labute approximate surface area is 195 Å². The maximum Gasteiger partial charge on any atom is 0.269 e. The summed E-state index contributed by atoms with van der Waals surface area (Å²) in [7, 11) is -8.45. The Bertz CT molecular complexity index is 1240. The Morgan fingerprint density at radius 1 is 1.06 bits per heavy atom. The highest BCUT2D eigenvalue weighted by atomic mass is 32.2. The van der Waals surface area contributed by atoms with Gasteiger partial charge in [-0.15, -0.1) is 4.48 Å². The lowest BCUT2D eigenvalue weighted by Gasteiger charge is -2.24. The minimum absolute atomic E-state index is 0.0479. The average Bonchev–Trinajstić information content (AvgIpc) is 2.91. The van der Waals surface area contributed by atoms with E-state index in [-0.39, 0.29) is 37.6 Å². The Hall–Kier alpha value is -1.81. The quantitative estimate of drug-likeness (QED) is 0.554. The summed E-state index contributed by atoms with van der Waals surface area (Å²) in [6.45, 7) is 4.59. The van der Waals surface area contributed by atoms with Crippen LogP contribution in [-0.2, 0) is 37.4 Å². The zero-order valence-electron chi connectivity index (χ0n) is 19.0. The molecule has 180 valence electrons. The summed E-state index contributed by atoms with van der Waals surface area (Å²) in [4.78, 5) is -0.136. The summed E-state index contributed by atoms with van der Waals surface area (Å²) in [6, 6.07) is 9.58. The zero-order chi connectivity index (χ0) is 23.8. The number of hydrogen-bond donors (Lipinski definition) is 0. The molecule has 0 spiro atoms. The lowest BCUT2D eigenvalue weighted by molar-refractivity contribution is 0.0536. The van der Waals surface area contributed by atoms with Crippen LogP contribution in [0.15, 0.2) is 51.1 Å². The molecule has 0 saturated carbocycles. The highest BCUT2D eigenvalue weighted by molar-refractivity contribution is 7.91. The molecule has 0 unspecified atom stereocenters. The summed E-state index contributed by atoms with van der Waals surface area (Å²) < 4.78 is 73.8. The van der Waals surface area contributed by atoms with Gasteiger partial charge in [0.25, 0.3) is 10.0 Å². The van der Waals surface area contributed by atoms with Crippen molar-refractivity contribution in [3.05, 3.63) is 53.1 Å². The van der Waals surface area contributed by atoms with Crippen molar-refractivity contribution in [2.45, 2.75) is 66.6 Å². The SMILES string of the molecule is CC(C)c1cc2c(cc1S(=O)(=O)N(F)CCC1CCOCC1)S(=O)(=O)c1ccccc1CC2. The van der Waals surface area contributed by atoms with E-state index < -0.39 is 19.9 Å². The standard InChI is InChI=1S/C24H30FNO5S2/c1-17(2)21-15-20-8-7-19-5-3-4-6-22(19)32(27,28)23(20)16-24(21)33(29,30)26(25)12-9-18-10-13-31-14-11-18/h3-6,15-18H,7-14H2,1-2H3. The molecule has 2 aliphatic heterocycles. The molecule has 1 fully saturated rings.